The van der Waals surface area contributed by atoms with Crippen molar-refractivity contribution in [2.24, 2.45) is 0 Å². The number of rotatable bonds is 6. The highest BCUT2D eigenvalue weighted by Crippen LogP contribution is 2.34. The minimum atomic E-state index is -1.11. The molecule has 0 unspecified atom stereocenters. The predicted octanol–water partition coefficient (Wildman–Crippen LogP) is 6.05. The first kappa shape index (κ1) is 19.6. The highest BCUT2D eigenvalue weighted by Gasteiger charge is 2.11. The number of nitrogens with zero attached hydrogens (tertiary/aromatic N) is 2. The Morgan fingerprint density at radius 1 is 1.07 bits per heavy atom. The number of hydrogen-bond acceptors (Lipinski definition) is 6. The zero-order valence-electron chi connectivity index (χ0n) is 13.3. The van der Waals surface area contributed by atoms with Crippen molar-refractivity contribution < 1.29 is 14.6 Å². The summed E-state index contributed by atoms with van der Waals surface area (Å²) in [6.45, 7) is 0. The van der Waals surface area contributed by atoms with E-state index >= 15 is 0 Å². The lowest BCUT2D eigenvalue weighted by molar-refractivity contribution is 0.0696. The summed E-state index contributed by atoms with van der Waals surface area (Å²) in [6, 6.07) is 8.17. The monoisotopic (exact) mass is 441 g/mol. The van der Waals surface area contributed by atoms with Gasteiger partial charge < -0.3 is 14.6 Å². The van der Waals surface area contributed by atoms with Crippen LogP contribution in [0.25, 0.3) is 0 Å². The van der Waals surface area contributed by atoms with E-state index in [0.717, 1.165) is 4.90 Å². The first-order valence-electron chi connectivity index (χ1n) is 7.32. The molecule has 0 aliphatic carbocycles. The van der Waals surface area contributed by atoms with Crippen LogP contribution in [0, 0.1) is 0 Å². The summed E-state index contributed by atoms with van der Waals surface area (Å²) in [5, 5.41) is 10.3. The van der Waals surface area contributed by atoms with Crippen LogP contribution < -0.4 is 9.46 Å². The molecule has 3 rings (SSSR count). The number of halogens is 3. The first-order chi connectivity index (χ1) is 12.9. The molecule has 0 aliphatic heterocycles. The van der Waals surface area contributed by atoms with Gasteiger partial charge in [0, 0.05) is 17.3 Å². The molecule has 0 radical (unpaired) electrons. The number of aromatic nitrogens is 2. The van der Waals surface area contributed by atoms with Crippen LogP contribution in [-0.2, 0) is 0 Å². The predicted molar refractivity (Wildman–Crippen MR) is 106 cm³/mol. The number of carboxylic acid groups (broad SMARTS) is 1. The SMILES string of the molecule is O=C(O)c1cncc(Oc2ncc(Cl)cc2NSc2ccc(Cl)c(Cl)c2)c1. The Morgan fingerprint density at radius 3 is 2.63 bits per heavy atom. The van der Waals surface area contributed by atoms with Crippen molar-refractivity contribution in [3.63, 3.8) is 0 Å². The van der Waals surface area contributed by atoms with Gasteiger partial charge in [-0.2, -0.15) is 0 Å². The third-order valence-corrected chi connectivity index (χ3v) is 4.92. The quantitative estimate of drug-likeness (QED) is 0.450. The largest absolute Gasteiger partial charge is 0.478 e. The molecule has 0 fully saturated rings. The topological polar surface area (TPSA) is 84.3 Å². The number of nitrogens with one attached hydrogen (secondary N) is 1. The van der Waals surface area contributed by atoms with Crippen molar-refractivity contribution in [2.75, 3.05) is 4.72 Å². The summed E-state index contributed by atoms with van der Waals surface area (Å²) in [5.74, 6) is -0.672. The molecule has 10 heteroatoms. The minimum Gasteiger partial charge on any atom is -0.478 e. The number of aromatic carboxylic acids is 1. The molecule has 0 amide bonds. The minimum absolute atomic E-state index is 0.00107. The average molecular weight is 443 g/mol. The Hall–Kier alpha value is -2.19. The van der Waals surface area contributed by atoms with E-state index in [1.165, 1.54) is 36.6 Å². The molecule has 0 atom stereocenters. The van der Waals surface area contributed by atoms with E-state index in [-0.39, 0.29) is 17.2 Å². The van der Waals surface area contributed by atoms with E-state index in [2.05, 4.69) is 14.7 Å². The lowest BCUT2D eigenvalue weighted by Crippen LogP contribution is -1.99. The van der Waals surface area contributed by atoms with Crippen LogP contribution in [0.4, 0.5) is 5.69 Å². The Labute approximate surface area is 173 Å². The van der Waals surface area contributed by atoms with Gasteiger partial charge in [-0.05, 0) is 42.3 Å². The van der Waals surface area contributed by atoms with Crippen LogP contribution in [-0.4, -0.2) is 21.0 Å². The molecule has 6 nitrogen and oxygen atoms in total. The fourth-order valence-corrected chi connectivity index (χ4v) is 3.15. The number of pyridine rings is 2. The summed E-state index contributed by atoms with van der Waals surface area (Å²) in [5.41, 5.74) is 0.487. The van der Waals surface area contributed by atoms with Crippen LogP contribution in [0.1, 0.15) is 10.4 Å². The molecule has 0 spiro atoms. The molecule has 2 aromatic heterocycles. The highest BCUT2D eigenvalue weighted by atomic mass is 35.5. The standard InChI is InChI=1S/C17H10Cl3N3O3S/c18-10-4-15(23-27-12-1-2-13(19)14(20)5-12)16(22-7-10)26-11-3-9(17(24)25)6-21-8-11/h1-8,23H,(H,24,25). The number of carbonyl (C=O) groups is 1. The highest BCUT2D eigenvalue weighted by molar-refractivity contribution is 8.00. The normalized spacial score (nSPS) is 10.5. The Balaban J connectivity index is 1.81. The van der Waals surface area contributed by atoms with Crippen LogP contribution in [0.3, 0.4) is 0 Å². The third kappa shape index (κ3) is 5.17. The van der Waals surface area contributed by atoms with E-state index in [4.69, 9.17) is 44.6 Å². The lowest BCUT2D eigenvalue weighted by Gasteiger charge is -2.12. The number of ether oxygens (including phenoxy) is 1. The van der Waals surface area contributed by atoms with Crippen molar-refractivity contribution in [2.45, 2.75) is 4.90 Å². The second-order valence-electron chi connectivity index (χ2n) is 5.10. The van der Waals surface area contributed by atoms with Gasteiger partial charge in [0.1, 0.15) is 11.4 Å². The van der Waals surface area contributed by atoms with Crippen molar-refractivity contribution in [3.05, 3.63) is 69.6 Å². The number of carboxylic acids is 1. The third-order valence-electron chi connectivity index (χ3n) is 3.16. The van der Waals surface area contributed by atoms with Gasteiger partial charge >= 0.3 is 5.97 Å². The van der Waals surface area contributed by atoms with Gasteiger partial charge in [-0.3, -0.25) is 4.98 Å². The van der Waals surface area contributed by atoms with Crippen molar-refractivity contribution in [1.82, 2.24) is 9.97 Å². The van der Waals surface area contributed by atoms with E-state index in [1.54, 1.807) is 24.3 Å². The summed E-state index contributed by atoms with van der Waals surface area (Å²) >= 11 is 19.2. The van der Waals surface area contributed by atoms with Gasteiger partial charge in [-0.15, -0.1) is 0 Å². The smallest absolute Gasteiger partial charge is 0.337 e. The van der Waals surface area contributed by atoms with E-state index in [1.807, 2.05) is 0 Å². The molecule has 138 valence electrons. The maximum Gasteiger partial charge on any atom is 0.337 e. The molecule has 0 aliphatic rings. The zero-order chi connectivity index (χ0) is 19.4. The second-order valence-corrected chi connectivity index (χ2v) is 7.23. The molecular weight excluding hydrogens is 433 g/mol. The number of hydrogen-bond donors (Lipinski definition) is 2. The molecule has 0 bridgehead atoms. The van der Waals surface area contributed by atoms with Crippen LogP contribution in [0.2, 0.25) is 15.1 Å². The molecular formula is C17H10Cl3N3O3S. The molecule has 0 saturated heterocycles. The van der Waals surface area contributed by atoms with Gasteiger partial charge in [-0.25, -0.2) is 9.78 Å². The number of anilines is 1. The Kier molecular flexibility index (Phi) is 6.28. The maximum atomic E-state index is 11.1. The fraction of sp³-hybridized carbons (Fsp3) is 0. The van der Waals surface area contributed by atoms with Crippen molar-refractivity contribution in [1.29, 1.82) is 0 Å². The maximum absolute atomic E-state index is 11.1. The van der Waals surface area contributed by atoms with Gasteiger partial charge in [0.15, 0.2) is 0 Å². The average Bonchev–Trinajstić information content (AvgIpc) is 2.65. The van der Waals surface area contributed by atoms with Crippen molar-refractivity contribution in [3.8, 4) is 11.6 Å². The Bertz CT molecular complexity index is 1000. The molecule has 1 aromatic carbocycles. The molecule has 2 heterocycles. The molecule has 3 aromatic rings. The van der Waals surface area contributed by atoms with E-state index in [9.17, 15) is 4.79 Å². The summed E-state index contributed by atoms with van der Waals surface area (Å²) in [7, 11) is 0. The first-order valence-corrected chi connectivity index (χ1v) is 9.27. The van der Waals surface area contributed by atoms with Gasteiger partial charge in [0.25, 0.3) is 0 Å². The van der Waals surface area contributed by atoms with Gasteiger partial charge in [0.05, 0.1) is 26.8 Å². The lowest BCUT2D eigenvalue weighted by atomic mass is 10.3. The Morgan fingerprint density at radius 2 is 1.89 bits per heavy atom. The number of benzene rings is 1. The zero-order valence-corrected chi connectivity index (χ0v) is 16.4. The molecule has 2 N–H and O–H groups in total. The van der Waals surface area contributed by atoms with Crippen LogP contribution >= 0.6 is 46.8 Å². The van der Waals surface area contributed by atoms with E-state index in [0.29, 0.717) is 20.8 Å². The van der Waals surface area contributed by atoms with Gasteiger partial charge in [0.2, 0.25) is 5.88 Å². The van der Waals surface area contributed by atoms with Gasteiger partial charge in [-0.1, -0.05) is 34.8 Å². The summed E-state index contributed by atoms with van der Waals surface area (Å²) in [6.07, 6.45) is 4.03. The second kappa shape index (κ2) is 8.67. The summed E-state index contributed by atoms with van der Waals surface area (Å²) in [4.78, 5) is 19.9. The summed E-state index contributed by atoms with van der Waals surface area (Å²) < 4.78 is 8.75. The van der Waals surface area contributed by atoms with Crippen LogP contribution in [0.15, 0.2) is 53.8 Å². The van der Waals surface area contributed by atoms with Crippen molar-refractivity contribution >= 4 is 58.4 Å². The molecule has 27 heavy (non-hydrogen) atoms. The molecule has 0 saturated carbocycles. The van der Waals surface area contributed by atoms with E-state index < -0.39 is 5.97 Å². The fourth-order valence-electron chi connectivity index (χ4n) is 1.94. The van der Waals surface area contributed by atoms with Crippen LogP contribution in [0.5, 0.6) is 11.6 Å².